The molecule has 0 spiro atoms. The van der Waals surface area contributed by atoms with Crippen molar-refractivity contribution in [3.8, 4) is 0 Å². The summed E-state index contributed by atoms with van der Waals surface area (Å²) in [4.78, 5) is 25.4. The standard InChI is InChI=1S/C12H17N3O2/c1-9-12(17)13-4-6-15(9)8-11(16)10-3-5-14(2)7-10/h3,5,7,9H,4,6,8H2,1-2H3,(H,13,17). The first-order valence-electron chi connectivity index (χ1n) is 5.75. The first-order valence-corrected chi connectivity index (χ1v) is 5.75. The van der Waals surface area contributed by atoms with Gasteiger partial charge in [0.15, 0.2) is 5.78 Å². The molecule has 1 atom stereocenters. The molecule has 0 radical (unpaired) electrons. The van der Waals surface area contributed by atoms with Crippen LogP contribution in [0.2, 0.25) is 0 Å². The molecule has 1 N–H and O–H groups in total. The molecule has 2 rings (SSSR count). The molecule has 1 aliphatic heterocycles. The van der Waals surface area contributed by atoms with Crippen molar-refractivity contribution >= 4 is 11.7 Å². The van der Waals surface area contributed by atoms with Gasteiger partial charge in [-0.1, -0.05) is 0 Å². The van der Waals surface area contributed by atoms with E-state index in [1.165, 1.54) is 0 Å². The Bertz CT molecular complexity index is 439. The molecule has 5 nitrogen and oxygen atoms in total. The Morgan fingerprint density at radius 1 is 1.59 bits per heavy atom. The van der Waals surface area contributed by atoms with Gasteiger partial charge in [0.05, 0.1) is 12.6 Å². The maximum absolute atomic E-state index is 12.0. The summed E-state index contributed by atoms with van der Waals surface area (Å²) in [5, 5.41) is 2.78. The molecular formula is C12H17N3O2. The lowest BCUT2D eigenvalue weighted by Gasteiger charge is -2.31. The van der Waals surface area contributed by atoms with Gasteiger partial charge < -0.3 is 9.88 Å². The molecule has 0 saturated carbocycles. The van der Waals surface area contributed by atoms with E-state index >= 15 is 0 Å². The van der Waals surface area contributed by atoms with E-state index in [2.05, 4.69) is 5.32 Å². The fraction of sp³-hybridized carbons (Fsp3) is 0.500. The van der Waals surface area contributed by atoms with Crippen molar-refractivity contribution in [2.75, 3.05) is 19.6 Å². The van der Waals surface area contributed by atoms with Crippen molar-refractivity contribution in [2.24, 2.45) is 7.05 Å². The van der Waals surface area contributed by atoms with E-state index in [4.69, 9.17) is 0 Å². The molecule has 92 valence electrons. The minimum atomic E-state index is -0.226. The van der Waals surface area contributed by atoms with Gasteiger partial charge in [0.2, 0.25) is 5.91 Å². The van der Waals surface area contributed by atoms with Crippen LogP contribution in [0.1, 0.15) is 17.3 Å². The predicted octanol–water partition coefficient (Wildman–Crippen LogP) is 0.0281. The third-order valence-electron chi connectivity index (χ3n) is 3.13. The summed E-state index contributed by atoms with van der Waals surface area (Å²) in [6.45, 7) is 3.47. The average molecular weight is 235 g/mol. The molecule has 1 amide bonds. The molecule has 17 heavy (non-hydrogen) atoms. The van der Waals surface area contributed by atoms with Crippen LogP contribution in [0.15, 0.2) is 18.5 Å². The predicted molar refractivity (Wildman–Crippen MR) is 63.8 cm³/mol. The van der Waals surface area contributed by atoms with Crippen molar-refractivity contribution in [2.45, 2.75) is 13.0 Å². The summed E-state index contributed by atoms with van der Waals surface area (Å²) in [5.74, 6) is 0.0595. The summed E-state index contributed by atoms with van der Waals surface area (Å²) in [6.07, 6.45) is 3.65. The van der Waals surface area contributed by atoms with Crippen LogP contribution in [0.25, 0.3) is 0 Å². The van der Waals surface area contributed by atoms with Crippen molar-refractivity contribution < 1.29 is 9.59 Å². The monoisotopic (exact) mass is 235 g/mol. The van der Waals surface area contributed by atoms with Gasteiger partial charge >= 0.3 is 0 Å². The van der Waals surface area contributed by atoms with E-state index in [1.807, 2.05) is 29.6 Å². The van der Waals surface area contributed by atoms with Gasteiger partial charge in [0.1, 0.15) is 0 Å². The van der Waals surface area contributed by atoms with Crippen LogP contribution in [0.3, 0.4) is 0 Å². The number of amides is 1. The van der Waals surface area contributed by atoms with Gasteiger partial charge in [0.25, 0.3) is 0 Å². The Labute approximate surface area is 100 Å². The van der Waals surface area contributed by atoms with Gasteiger partial charge in [-0.25, -0.2) is 0 Å². The van der Waals surface area contributed by atoms with Gasteiger partial charge in [-0.15, -0.1) is 0 Å². The van der Waals surface area contributed by atoms with E-state index in [-0.39, 0.29) is 17.7 Å². The van der Waals surface area contributed by atoms with Crippen LogP contribution in [0, 0.1) is 0 Å². The Kier molecular flexibility index (Phi) is 3.28. The average Bonchev–Trinajstić information content (AvgIpc) is 2.72. The van der Waals surface area contributed by atoms with Crippen LogP contribution >= 0.6 is 0 Å². The minimum absolute atomic E-state index is 0.00267. The molecule has 1 aromatic heterocycles. The number of nitrogens with one attached hydrogen (secondary N) is 1. The smallest absolute Gasteiger partial charge is 0.237 e. The fourth-order valence-electron chi connectivity index (χ4n) is 1.99. The number of carbonyl (C=O) groups is 2. The highest BCUT2D eigenvalue weighted by atomic mass is 16.2. The number of Topliss-reactive ketones (excluding diaryl/α,β-unsaturated/α-hetero) is 1. The van der Waals surface area contributed by atoms with Gasteiger partial charge in [-0.3, -0.25) is 14.5 Å². The largest absolute Gasteiger partial charge is 0.357 e. The molecule has 0 aromatic carbocycles. The normalized spacial score (nSPS) is 21.3. The highest BCUT2D eigenvalue weighted by Gasteiger charge is 2.27. The Morgan fingerprint density at radius 2 is 2.35 bits per heavy atom. The van der Waals surface area contributed by atoms with E-state index in [0.29, 0.717) is 18.7 Å². The number of hydrogen-bond acceptors (Lipinski definition) is 3. The molecule has 1 unspecified atom stereocenters. The van der Waals surface area contributed by atoms with Crippen LogP contribution in [0.5, 0.6) is 0 Å². The van der Waals surface area contributed by atoms with E-state index in [1.54, 1.807) is 12.3 Å². The Balaban J connectivity index is 2.01. The lowest BCUT2D eigenvalue weighted by molar-refractivity contribution is -0.127. The zero-order chi connectivity index (χ0) is 12.4. The van der Waals surface area contributed by atoms with Crippen LogP contribution in [-0.2, 0) is 11.8 Å². The summed E-state index contributed by atoms with van der Waals surface area (Å²) in [5.41, 5.74) is 0.700. The van der Waals surface area contributed by atoms with E-state index in [9.17, 15) is 9.59 Å². The van der Waals surface area contributed by atoms with Crippen molar-refractivity contribution in [3.63, 3.8) is 0 Å². The molecule has 5 heteroatoms. The summed E-state index contributed by atoms with van der Waals surface area (Å²) in [7, 11) is 1.88. The van der Waals surface area contributed by atoms with Crippen molar-refractivity contribution in [1.82, 2.24) is 14.8 Å². The SMILES string of the molecule is CC1C(=O)NCCN1CC(=O)c1ccn(C)c1. The number of carbonyl (C=O) groups excluding carboxylic acids is 2. The highest BCUT2D eigenvalue weighted by Crippen LogP contribution is 2.07. The quantitative estimate of drug-likeness (QED) is 0.752. The van der Waals surface area contributed by atoms with E-state index in [0.717, 1.165) is 6.54 Å². The van der Waals surface area contributed by atoms with Crippen molar-refractivity contribution in [1.29, 1.82) is 0 Å². The Morgan fingerprint density at radius 3 is 3.00 bits per heavy atom. The number of hydrogen-bond donors (Lipinski definition) is 1. The second kappa shape index (κ2) is 4.71. The maximum atomic E-state index is 12.0. The number of rotatable bonds is 3. The van der Waals surface area contributed by atoms with Crippen LogP contribution in [-0.4, -0.2) is 46.8 Å². The maximum Gasteiger partial charge on any atom is 0.237 e. The van der Waals surface area contributed by atoms with Crippen LogP contribution < -0.4 is 5.32 Å². The summed E-state index contributed by atoms with van der Waals surface area (Å²) < 4.78 is 1.85. The first kappa shape index (κ1) is 11.9. The molecule has 1 aliphatic rings. The van der Waals surface area contributed by atoms with Crippen LogP contribution in [0.4, 0.5) is 0 Å². The number of aromatic nitrogens is 1. The number of ketones is 1. The third-order valence-corrected chi connectivity index (χ3v) is 3.13. The molecule has 1 fully saturated rings. The summed E-state index contributed by atoms with van der Waals surface area (Å²) >= 11 is 0. The topological polar surface area (TPSA) is 54.3 Å². The van der Waals surface area contributed by atoms with Gasteiger partial charge in [0, 0.05) is 38.1 Å². The van der Waals surface area contributed by atoms with E-state index < -0.39 is 0 Å². The second-order valence-corrected chi connectivity index (χ2v) is 4.43. The highest BCUT2D eigenvalue weighted by molar-refractivity contribution is 5.98. The second-order valence-electron chi connectivity index (χ2n) is 4.43. The fourth-order valence-corrected chi connectivity index (χ4v) is 1.99. The minimum Gasteiger partial charge on any atom is -0.357 e. The molecule has 2 heterocycles. The third kappa shape index (κ3) is 2.55. The van der Waals surface area contributed by atoms with Gasteiger partial charge in [-0.2, -0.15) is 0 Å². The summed E-state index contributed by atoms with van der Waals surface area (Å²) in [6, 6.07) is 1.58. The zero-order valence-corrected chi connectivity index (χ0v) is 10.1. The molecule has 1 saturated heterocycles. The Hall–Kier alpha value is -1.62. The molecule has 0 bridgehead atoms. The molecular weight excluding hydrogens is 218 g/mol. The number of nitrogens with zero attached hydrogens (tertiary/aromatic N) is 2. The number of piperazine rings is 1. The number of aryl methyl sites for hydroxylation is 1. The lowest BCUT2D eigenvalue weighted by Crippen LogP contribution is -2.55. The lowest BCUT2D eigenvalue weighted by atomic mass is 10.1. The zero-order valence-electron chi connectivity index (χ0n) is 10.1. The molecule has 1 aromatic rings. The molecule has 0 aliphatic carbocycles. The van der Waals surface area contributed by atoms with Gasteiger partial charge in [-0.05, 0) is 13.0 Å². The van der Waals surface area contributed by atoms with Crippen molar-refractivity contribution in [3.05, 3.63) is 24.0 Å². The first-order chi connectivity index (χ1) is 8.08.